The fourth-order valence-electron chi connectivity index (χ4n) is 2.97. The van der Waals surface area contributed by atoms with E-state index in [-0.39, 0.29) is 5.56 Å². The molecule has 0 aliphatic rings. The van der Waals surface area contributed by atoms with Crippen molar-refractivity contribution in [2.24, 2.45) is 0 Å². The van der Waals surface area contributed by atoms with Gasteiger partial charge in [0.05, 0.1) is 25.5 Å². The maximum atomic E-state index is 11.3. The minimum absolute atomic E-state index is 0.172. The second-order valence-electron chi connectivity index (χ2n) is 6.44. The monoisotopic (exact) mass is 471 g/mol. The summed E-state index contributed by atoms with van der Waals surface area (Å²) in [5.41, 5.74) is 2.63. The fourth-order valence-corrected chi connectivity index (χ4v) is 3.45. The number of methoxy groups -OCH3 is 2. The molecule has 0 saturated heterocycles. The molecule has 0 spiro atoms. The highest BCUT2D eigenvalue weighted by atomic mass is 79.9. The molecule has 0 amide bonds. The van der Waals surface area contributed by atoms with Crippen LogP contribution in [-0.2, 0) is 13.2 Å². The van der Waals surface area contributed by atoms with Gasteiger partial charge < -0.3 is 24.6 Å². The van der Waals surface area contributed by atoms with E-state index in [1.807, 2.05) is 42.5 Å². The van der Waals surface area contributed by atoms with Gasteiger partial charge in [0.1, 0.15) is 12.4 Å². The second-order valence-corrected chi connectivity index (χ2v) is 7.36. The van der Waals surface area contributed by atoms with Crippen LogP contribution in [0, 0.1) is 0 Å². The predicted octanol–water partition coefficient (Wildman–Crippen LogP) is 5.36. The number of benzene rings is 3. The molecule has 0 radical (unpaired) electrons. The first-order chi connectivity index (χ1) is 14.5. The molecule has 3 rings (SSSR count). The van der Waals surface area contributed by atoms with Gasteiger partial charge in [0, 0.05) is 16.6 Å². The second kappa shape index (κ2) is 10.0. The van der Waals surface area contributed by atoms with Crippen molar-refractivity contribution in [1.29, 1.82) is 0 Å². The van der Waals surface area contributed by atoms with Gasteiger partial charge in [0.25, 0.3) is 0 Å². The predicted molar refractivity (Wildman–Crippen MR) is 119 cm³/mol. The molecule has 156 valence electrons. The molecule has 0 saturated carbocycles. The minimum Gasteiger partial charge on any atom is -0.495 e. The van der Waals surface area contributed by atoms with Crippen molar-refractivity contribution < 1.29 is 24.1 Å². The smallest absolute Gasteiger partial charge is 0.335 e. The number of hydrogen-bond acceptors (Lipinski definition) is 5. The van der Waals surface area contributed by atoms with Gasteiger partial charge in [0.15, 0.2) is 11.5 Å². The third-order valence-electron chi connectivity index (χ3n) is 4.46. The average molecular weight is 472 g/mol. The molecular weight excluding hydrogens is 450 g/mol. The third-order valence-corrected chi connectivity index (χ3v) is 4.92. The minimum atomic E-state index is -1.00. The summed E-state index contributed by atoms with van der Waals surface area (Å²) in [5.74, 6) is 0.763. The Labute approximate surface area is 183 Å². The third kappa shape index (κ3) is 5.24. The summed E-state index contributed by atoms with van der Waals surface area (Å²) in [6, 6.07) is 18.3. The number of hydrogen-bond donors (Lipinski definition) is 2. The van der Waals surface area contributed by atoms with Gasteiger partial charge in [-0.15, -0.1) is 0 Å². The van der Waals surface area contributed by atoms with Gasteiger partial charge in [-0.3, -0.25) is 0 Å². The summed E-state index contributed by atoms with van der Waals surface area (Å²) in [7, 11) is 3.13. The van der Waals surface area contributed by atoms with Crippen molar-refractivity contribution >= 4 is 27.6 Å². The van der Waals surface area contributed by atoms with Crippen LogP contribution < -0.4 is 19.5 Å². The van der Waals surface area contributed by atoms with E-state index in [1.165, 1.54) is 13.2 Å². The maximum Gasteiger partial charge on any atom is 0.335 e. The van der Waals surface area contributed by atoms with Gasteiger partial charge in [-0.2, -0.15) is 0 Å². The van der Waals surface area contributed by atoms with Crippen molar-refractivity contribution in [3.05, 3.63) is 81.8 Å². The SMILES string of the molecule is COc1ccc(C(=O)O)cc1NCc1cc(Br)cc(OC)c1OCc1ccccc1. The number of halogens is 1. The van der Waals surface area contributed by atoms with Crippen LogP contribution in [0.25, 0.3) is 0 Å². The number of carboxylic acids is 1. The zero-order valence-corrected chi connectivity index (χ0v) is 18.2. The van der Waals surface area contributed by atoms with Crippen LogP contribution in [0.5, 0.6) is 17.2 Å². The lowest BCUT2D eigenvalue weighted by atomic mass is 10.1. The van der Waals surface area contributed by atoms with Crippen molar-refractivity contribution in [3.8, 4) is 17.2 Å². The van der Waals surface area contributed by atoms with Gasteiger partial charge >= 0.3 is 5.97 Å². The first kappa shape index (κ1) is 21.5. The Morgan fingerprint density at radius 3 is 2.40 bits per heavy atom. The van der Waals surface area contributed by atoms with E-state index in [0.29, 0.717) is 36.1 Å². The molecule has 0 aliphatic carbocycles. The van der Waals surface area contributed by atoms with Crippen LogP contribution in [0.4, 0.5) is 5.69 Å². The normalized spacial score (nSPS) is 10.4. The molecule has 0 aliphatic heterocycles. The Balaban J connectivity index is 1.87. The molecule has 3 aromatic rings. The van der Waals surface area contributed by atoms with Crippen molar-refractivity contribution in [2.45, 2.75) is 13.2 Å². The number of carboxylic acid groups (broad SMARTS) is 1. The van der Waals surface area contributed by atoms with E-state index in [0.717, 1.165) is 15.6 Å². The van der Waals surface area contributed by atoms with E-state index in [9.17, 15) is 9.90 Å². The first-order valence-electron chi connectivity index (χ1n) is 9.20. The Morgan fingerprint density at radius 2 is 1.73 bits per heavy atom. The topological polar surface area (TPSA) is 77.0 Å². The molecule has 7 heteroatoms. The Hall–Kier alpha value is -3.19. The summed E-state index contributed by atoms with van der Waals surface area (Å²) < 4.78 is 17.8. The molecule has 0 aromatic heterocycles. The number of carbonyl (C=O) groups is 1. The van der Waals surface area contributed by atoms with Crippen molar-refractivity contribution in [3.63, 3.8) is 0 Å². The van der Waals surface area contributed by atoms with E-state index in [4.69, 9.17) is 14.2 Å². The molecule has 2 N–H and O–H groups in total. The number of nitrogens with one attached hydrogen (secondary N) is 1. The van der Waals surface area contributed by atoms with Gasteiger partial charge in [-0.25, -0.2) is 4.79 Å². The summed E-state index contributed by atoms with van der Waals surface area (Å²) in [6.45, 7) is 0.767. The van der Waals surface area contributed by atoms with Crippen LogP contribution in [-0.4, -0.2) is 25.3 Å². The summed E-state index contributed by atoms with van der Waals surface area (Å²) in [4.78, 5) is 11.3. The van der Waals surface area contributed by atoms with Crippen LogP contribution >= 0.6 is 15.9 Å². The zero-order chi connectivity index (χ0) is 21.5. The number of rotatable bonds is 9. The van der Waals surface area contributed by atoms with Gasteiger partial charge in [0.2, 0.25) is 0 Å². The Bertz CT molecular complexity index is 1020. The summed E-state index contributed by atoms with van der Waals surface area (Å²) >= 11 is 3.50. The molecule has 0 heterocycles. The molecule has 30 heavy (non-hydrogen) atoms. The van der Waals surface area contributed by atoms with E-state index in [2.05, 4.69) is 21.2 Å². The van der Waals surface area contributed by atoms with Gasteiger partial charge in [-0.1, -0.05) is 46.3 Å². The highest BCUT2D eigenvalue weighted by molar-refractivity contribution is 9.10. The highest BCUT2D eigenvalue weighted by Crippen LogP contribution is 2.36. The molecule has 6 nitrogen and oxygen atoms in total. The average Bonchev–Trinajstić information content (AvgIpc) is 2.76. The molecule has 0 atom stereocenters. The van der Waals surface area contributed by atoms with Crippen LogP contribution in [0.3, 0.4) is 0 Å². The largest absolute Gasteiger partial charge is 0.495 e. The maximum absolute atomic E-state index is 11.3. The quantitative estimate of drug-likeness (QED) is 0.437. The molecule has 3 aromatic carbocycles. The van der Waals surface area contributed by atoms with E-state index >= 15 is 0 Å². The van der Waals surface area contributed by atoms with Crippen molar-refractivity contribution in [2.75, 3.05) is 19.5 Å². The standard InChI is InChI=1S/C23H22BrNO5/c1-28-20-9-8-16(23(26)27)11-19(20)25-13-17-10-18(24)12-21(29-2)22(17)30-14-15-6-4-3-5-7-15/h3-12,25H,13-14H2,1-2H3,(H,26,27). The number of anilines is 1. The van der Waals surface area contributed by atoms with Crippen LogP contribution in [0.15, 0.2) is 65.1 Å². The van der Waals surface area contributed by atoms with Crippen LogP contribution in [0.2, 0.25) is 0 Å². The number of ether oxygens (including phenoxy) is 3. The van der Waals surface area contributed by atoms with Gasteiger partial charge in [-0.05, 0) is 35.9 Å². The lowest BCUT2D eigenvalue weighted by Gasteiger charge is -2.18. The lowest BCUT2D eigenvalue weighted by Crippen LogP contribution is -2.07. The molecular formula is C23H22BrNO5. The first-order valence-corrected chi connectivity index (χ1v) is 9.99. The van der Waals surface area contributed by atoms with Crippen molar-refractivity contribution in [1.82, 2.24) is 0 Å². The fraction of sp³-hybridized carbons (Fsp3) is 0.174. The van der Waals surface area contributed by atoms with E-state index in [1.54, 1.807) is 19.2 Å². The number of aromatic carboxylic acids is 1. The molecule has 0 bridgehead atoms. The highest BCUT2D eigenvalue weighted by Gasteiger charge is 2.15. The molecule has 0 fully saturated rings. The Kier molecular flexibility index (Phi) is 7.19. The Morgan fingerprint density at radius 1 is 1.00 bits per heavy atom. The summed E-state index contributed by atoms with van der Waals surface area (Å²) in [6.07, 6.45) is 0. The molecule has 0 unspecified atom stereocenters. The van der Waals surface area contributed by atoms with E-state index < -0.39 is 5.97 Å². The lowest BCUT2D eigenvalue weighted by molar-refractivity contribution is 0.0697. The summed E-state index contributed by atoms with van der Waals surface area (Å²) in [5, 5.41) is 12.5. The van der Waals surface area contributed by atoms with Crippen LogP contribution in [0.1, 0.15) is 21.5 Å². The zero-order valence-electron chi connectivity index (χ0n) is 16.6.